The van der Waals surface area contributed by atoms with E-state index >= 15 is 0 Å². The van der Waals surface area contributed by atoms with E-state index in [1.165, 1.54) is 23.9 Å². The molecule has 0 aliphatic rings. The Morgan fingerprint density at radius 1 is 1.17 bits per heavy atom. The van der Waals surface area contributed by atoms with E-state index in [1.54, 1.807) is 7.05 Å². The van der Waals surface area contributed by atoms with Gasteiger partial charge in [-0.25, -0.2) is 4.68 Å². The maximum absolute atomic E-state index is 10.2. The highest BCUT2D eigenvalue weighted by Crippen LogP contribution is 2.33. The van der Waals surface area contributed by atoms with E-state index in [-0.39, 0.29) is 42.4 Å². The largest absolute Gasteiger partial charge is 0.507 e. The maximum atomic E-state index is 10.2. The molecule has 2 aromatic heterocycles. The van der Waals surface area contributed by atoms with Crippen molar-refractivity contribution >= 4 is 22.9 Å². The van der Waals surface area contributed by atoms with E-state index < -0.39 is 0 Å². The number of rotatable bonds is 8. The molecule has 1 unspecified atom stereocenters. The van der Waals surface area contributed by atoms with Crippen molar-refractivity contribution in [3.05, 3.63) is 17.7 Å². The number of hydrogen-bond acceptors (Lipinski definition) is 10. The number of methoxy groups -OCH3 is 1. The van der Waals surface area contributed by atoms with Gasteiger partial charge >= 0.3 is 0 Å². The number of phenolic OH excluding ortho intramolecular Hbond substituents is 2. The number of nitrogens with one attached hydrogen (secondary N) is 2. The highest BCUT2D eigenvalue weighted by molar-refractivity contribution is 5.83. The number of aliphatic hydroxyl groups excluding tert-OH is 1. The van der Waals surface area contributed by atoms with Gasteiger partial charge in [0, 0.05) is 25.2 Å². The van der Waals surface area contributed by atoms with Crippen LogP contribution in [0.5, 0.6) is 17.2 Å². The zero-order valence-electron chi connectivity index (χ0n) is 16.7. The number of hydrogen-bond donors (Lipinski definition) is 5. The average molecular weight is 403 g/mol. The van der Waals surface area contributed by atoms with Gasteiger partial charge in [-0.15, -0.1) is 5.10 Å². The van der Waals surface area contributed by atoms with Crippen LogP contribution in [-0.2, 0) is 13.6 Å². The van der Waals surface area contributed by atoms with E-state index in [0.717, 1.165) is 0 Å². The van der Waals surface area contributed by atoms with Crippen molar-refractivity contribution in [3.8, 4) is 17.2 Å². The number of fused-ring (bicyclic) bond motifs is 1. The molecular formula is C18H25N7O4. The van der Waals surface area contributed by atoms with E-state index in [0.29, 0.717) is 28.5 Å². The van der Waals surface area contributed by atoms with Gasteiger partial charge in [0.1, 0.15) is 5.75 Å². The summed E-state index contributed by atoms with van der Waals surface area (Å²) in [5.74, 6) is 0.953. The number of ether oxygens (including phenoxy) is 1. The first-order valence-electron chi connectivity index (χ1n) is 9.11. The molecule has 0 spiro atoms. The third-order valence-corrected chi connectivity index (χ3v) is 4.59. The Morgan fingerprint density at radius 3 is 2.59 bits per heavy atom. The van der Waals surface area contributed by atoms with Gasteiger partial charge in [-0.3, -0.25) is 0 Å². The molecule has 0 bridgehead atoms. The van der Waals surface area contributed by atoms with Gasteiger partial charge < -0.3 is 30.7 Å². The van der Waals surface area contributed by atoms with E-state index in [9.17, 15) is 15.3 Å². The Labute approximate surface area is 167 Å². The van der Waals surface area contributed by atoms with Crippen LogP contribution in [-0.4, -0.2) is 60.0 Å². The number of benzene rings is 1. The molecule has 156 valence electrons. The van der Waals surface area contributed by atoms with Crippen molar-refractivity contribution in [3.63, 3.8) is 0 Å². The number of phenols is 2. The molecule has 3 rings (SSSR count). The summed E-state index contributed by atoms with van der Waals surface area (Å²) >= 11 is 0. The molecular weight excluding hydrogens is 378 g/mol. The molecule has 5 N–H and O–H groups in total. The van der Waals surface area contributed by atoms with Gasteiger partial charge in [-0.1, -0.05) is 19.1 Å². The third kappa shape index (κ3) is 4.24. The highest BCUT2D eigenvalue weighted by Gasteiger charge is 2.18. The first-order chi connectivity index (χ1) is 13.8. The molecule has 0 amide bonds. The smallest absolute Gasteiger partial charge is 0.227 e. The van der Waals surface area contributed by atoms with E-state index in [2.05, 4.69) is 30.9 Å². The molecule has 0 aliphatic carbocycles. The predicted molar refractivity (Wildman–Crippen MR) is 107 cm³/mol. The molecule has 11 heteroatoms. The Morgan fingerprint density at radius 2 is 1.93 bits per heavy atom. The number of nitrogens with zero attached hydrogens (tertiary/aromatic N) is 5. The van der Waals surface area contributed by atoms with Gasteiger partial charge in [0.05, 0.1) is 19.8 Å². The average Bonchev–Trinajstić information content (AvgIpc) is 3.07. The number of aliphatic hydroxyl groups is 1. The van der Waals surface area contributed by atoms with Crippen molar-refractivity contribution in [1.29, 1.82) is 0 Å². The standard InChI is InChI=1S/C18H25N7O4/c1-9(2)11(8-26)20-18-21-16(15-17(22-18)25(3)24-23-15)19-7-10-5-13(28)14(29-4)6-12(10)27/h5-6,9,11,26-28H,7-8H2,1-4H3,(H2,19,20,21,22). The fourth-order valence-corrected chi connectivity index (χ4v) is 2.78. The lowest BCUT2D eigenvalue weighted by Crippen LogP contribution is -2.30. The van der Waals surface area contributed by atoms with Crippen LogP contribution in [0.3, 0.4) is 0 Å². The number of aromatic nitrogens is 5. The Balaban J connectivity index is 1.91. The SMILES string of the molecule is COc1cc(O)c(CNc2nc(NC(CO)C(C)C)nc3c2nnn3C)cc1O. The molecule has 11 nitrogen and oxygen atoms in total. The lowest BCUT2D eigenvalue weighted by Gasteiger charge is -2.20. The van der Waals surface area contributed by atoms with Crippen LogP contribution in [0.1, 0.15) is 19.4 Å². The summed E-state index contributed by atoms with van der Waals surface area (Å²) in [6.45, 7) is 4.07. The molecule has 0 aliphatic heterocycles. The molecule has 0 radical (unpaired) electrons. The minimum absolute atomic E-state index is 0.0323. The molecule has 1 atom stereocenters. The number of aryl methyl sites for hydroxylation is 1. The molecule has 1 aromatic carbocycles. The first-order valence-corrected chi connectivity index (χ1v) is 9.11. The van der Waals surface area contributed by atoms with Crippen molar-refractivity contribution in [2.45, 2.75) is 26.4 Å². The van der Waals surface area contributed by atoms with E-state index in [4.69, 9.17) is 4.74 Å². The van der Waals surface area contributed by atoms with Gasteiger partial charge in [0.25, 0.3) is 0 Å². The monoisotopic (exact) mass is 403 g/mol. The van der Waals surface area contributed by atoms with Crippen LogP contribution >= 0.6 is 0 Å². The molecule has 0 fully saturated rings. The third-order valence-electron chi connectivity index (χ3n) is 4.59. The molecule has 3 aromatic rings. The summed E-state index contributed by atoms with van der Waals surface area (Å²) < 4.78 is 6.51. The maximum Gasteiger partial charge on any atom is 0.227 e. The summed E-state index contributed by atoms with van der Waals surface area (Å²) in [7, 11) is 3.12. The molecule has 0 saturated carbocycles. The lowest BCUT2D eigenvalue weighted by molar-refractivity contribution is 0.248. The number of aromatic hydroxyl groups is 2. The van der Waals surface area contributed by atoms with Crippen molar-refractivity contribution in [2.75, 3.05) is 24.4 Å². The number of anilines is 2. The minimum Gasteiger partial charge on any atom is -0.507 e. The molecule has 29 heavy (non-hydrogen) atoms. The van der Waals surface area contributed by atoms with Crippen LogP contribution in [0.2, 0.25) is 0 Å². The summed E-state index contributed by atoms with van der Waals surface area (Å²) in [5, 5.41) is 44.0. The second-order valence-electron chi connectivity index (χ2n) is 6.96. The van der Waals surface area contributed by atoms with Crippen LogP contribution < -0.4 is 15.4 Å². The van der Waals surface area contributed by atoms with Crippen molar-refractivity contribution < 1.29 is 20.1 Å². The summed E-state index contributed by atoms with van der Waals surface area (Å²) in [6, 6.07) is 2.53. The van der Waals surface area contributed by atoms with Gasteiger partial charge in [-0.2, -0.15) is 9.97 Å². The second kappa shape index (κ2) is 8.35. The highest BCUT2D eigenvalue weighted by atomic mass is 16.5. The summed E-state index contributed by atoms with van der Waals surface area (Å²) in [6.07, 6.45) is 0. The van der Waals surface area contributed by atoms with Gasteiger partial charge in [-0.05, 0) is 12.0 Å². The Hall–Kier alpha value is -3.34. The van der Waals surface area contributed by atoms with Crippen LogP contribution in [0.4, 0.5) is 11.8 Å². The summed E-state index contributed by atoms with van der Waals surface area (Å²) in [5.41, 5.74) is 1.41. The van der Waals surface area contributed by atoms with Crippen LogP contribution in [0.15, 0.2) is 12.1 Å². The summed E-state index contributed by atoms with van der Waals surface area (Å²) in [4.78, 5) is 8.89. The lowest BCUT2D eigenvalue weighted by atomic mass is 10.1. The van der Waals surface area contributed by atoms with Crippen LogP contribution in [0.25, 0.3) is 11.2 Å². The minimum atomic E-state index is -0.218. The second-order valence-corrected chi connectivity index (χ2v) is 6.96. The zero-order chi connectivity index (χ0) is 21.1. The predicted octanol–water partition coefficient (Wildman–Crippen LogP) is 1.22. The molecule has 2 heterocycles. The van der Waals surface area contributed by atoms with Gasteiger partial charge in [0.15, 0.2) is 28.5 Å². The fourth-order valence-electron chi connectivity index (χ4n) is 2.78. The first kappa shape index (κ1) is 20.4. The molecule has 0 saturated heterocycles. The van der Waals surface area contributed by atoms with Gasteiger partial charge in [0.2, 0.25) is 5.95 Å². The fraction of sp³-hybridized carbons (Fsp3) is 0.444. The Kier molecular flexibility index (Phi) is 5.87. The van der Waals surface area contributed by atoms with E-state index in [1.807, 2.05) is 13.8 Å². The topological polar surface area (TPSA) is 150 Å². The quantitative estimate of drug-likeness (QED) is 0.347. The van der Waals surface area contributed by atoms with Crippen molar-refractivity contribution in [1.82, 2.24) is 25.0 Å². The zero-order valence-corrected chi connectivity index (χ0v) is 16.7. The van der Waals surface area contributed by atoms with Crippen molar-refractivity contribution in [2.24, 2.45) is 13.0 Å². The van der Waals surface area contributed by atoms with Crippen LogP contribution in [0, 0.1) is 5.92 Å². The normalized spacial score (nSPS) is 12.3. The Bertz CT molecular complexity index is 1010.